The minimum atomic E-state index is -0.110. The summed E-state index contributed by atoms with van der Waals surface area (Å²) < 4.78 is 0. The molecular weight excluding hydrogens is 677 g/mol. The molecule has 0 saturated carbocycles. The van der Waals surface area contributed by atoms with E-state index in [0.29, 0.717) is 6.04 Å². The van der Waals surface area contributed by atoms with E-state index in [9.17, 15) is 0 Å². The Balaban J connectivity index is 0.962. The van der Waals surface area contributed by atoms with Gasteiger partial charge in [-0.25, -0.2) is 0 Å². The van der Waals surface area contributed by atoms with Gasteiger partial charge >= 0.3 is 0 Å². The third-order valence-corrected chi connectivity index (χ3v) is 13.7. The largest absolute Gasteiger partial charge is 0.338 e. The first-order chi connectivity index (χ1) is 27.2. The highest BCUT2D eigenvalue weighted by Gasteiger charge is 2.39. The lowest BCUT2D eigenvalue weighted by Crippen LogP contribution is -2.44. The number of hydrogen-bond acceptors (Lipinski definition) is 2. The van der Waals surface area contributed by atoms with Gasteiger partial charge in [0.25, 0.3) is 0 Å². The molecule has 3 aliphatic rings. The van der Waals surface area contributed by atoms with Crippen LogP contribution < -0.4 is 9.80 Å². The smallest absolute Gasteiger partial charge is 0.0493 e. The second-order valence-electron chi connectivity index (χ2n) is 17.8. The summed E-state index contributed by atoms with van der Waals surface area (Å²) >= 11 is 0. The lowest BCUT2D eigenvalue weighted by molar-refractivity contribution is 0.447. The van der Waals surface area contributed by atoms with E-state index in [1.807, 2.05) is 0 Å². The molecule has 2 aliphatic heterocycles. The van der Waals surface area contributed by atoms with Crippen LogP contribution >= 0.6 is 0 Å². The van der Waals surface area contributed by atoms with E-state index >= 15 is 0 Å². The maximum absolute atomic E-state index is 2.59. The third kappa shape index (κ3) is 4.87. The molecule has 2 heterocycles. The van der Waals surface area contributed by atoms with Crippen LogP contribution in [0.4, 0.5) is 22.7 Å². The molecule has 0 saturated heterocycles. The summed E-state index contributed by atoms with van der Waals surface area (Å²) in [4.78, 5) is 5.18. The number of aryl methyl sites for hydroxylation is 2. The van der Waals surface area contributed by atoms with E-state index in [-0.39, 0.29) is 11.0 Å². The summed E-state index contributed by atoms with van der Waals surface area (Å²) in [5.41, 5.74) is 16.2. The first kappa shape index (κ1) is 33.5. The zero-order chi connectivity index (χ0) is 37.9. The van der Waals surface area contributed by atoms with Crippen molar-refractivity contribution in [2.45, 2.75) is 77.3 Å². The Labute approximate surface area is 331 Å². The number of benzene rings is 8. The van der Waals surface area contributed by atoms with Gasteiger partial charge in [-0.1, -0.05) is 129 Å². The summed E-state index contributed by atoms with van der Waals surface area (Å²) in [5, 5.41) is 7.98. The van der Waals surface area contributed by atoms with Crippen LogP contribution in [0.1, 0.15) is 80.8 Å². The lowest BCUT2D eigenvalue weighted by atomic mass is 9.81. The summed E-state index contributed by atoms with van der Waals surface area (Å²) in [5.74, 6) is 0. The molecule has 1 unspecified atom stereocenters. The molecule has 1 atom stereocenters. The fraction of sp³-hybridized carbons (Fsp3) is 0.222. The van der Waals surface area contributed by atoms with Gasteiger partial charge in [0.15, 0.2) is 0 Å². The van der Waals surface area contributed by atoms with E-state index < -0.39 is 0 Å². The Morgan fingerprint density at radius 1 is 0.571 bits per heavy atom. The Hall–Kier alpha value is -5.86. The first-order valence-electron chi connectivity index (χ1n) is 20.6. The Morgan fingerprint density at radius 2 is 1.21 bits per heavy atom. The average Bonchev–Trinajstić information content (AvgIpc) is 3.43. The molecule has 56 heavy (non-hydrogen) atoms. The van der Waals surface area contributed by atoms with E-state index in [0.717, 1.165) is 25.7 Å². The lowest BCUT2D eigenvalue weighted by Gasteiger charge is -2.45. The van der Waals surface area contributed by atoms with Crippen molar-refractivity contribution in [2.75, 3.05) is 9.80 Å². The second kappa shape index (κ2) is 12.1. The number of para-hydroxylation sites is 2. The Kier molecular flexibility index (Phi) is 7.21. The fourth-order valence-electron chi connectivity index (χ4n) is 10.7. The summed E-state index contributed by atoms with van der Waals surface area (Å²) in [6.45, 7) is 12.0. The maximum atomic E-state index is 2.59. The zero-order valence-electron chi connectivity index (χ0n) is 33.2. The molecule has 0 amide bonds. The predicted molar refractivity (Wildman–Crippen MR) is 240 cm³/mol. The summed E-state index contributed by atoms with van der Waals surface area (Å²) in [6.07, 6.45) is 9.22. The highest BCUT2D eigenvalue weighted by molar-refractivity contribution is 6.26. The molecule has 0 radical (unpaired) electrons. The van der Waals surface area contributed by atoms with Gasteiger partial charge in [0.2, 0.25) is 0 Å². The normalized spacial score (nSPS) is 18.1. The van der Waals surface area contributed by atoms with Crippen molar-refractivity contribution in [1.29, 1.82) is 0 Å². The number of fused-ring (bicyclic) bond motifs is 5. The molecule has 8 aromatic rings. The molecule has 8 aromatic carbocycles. The maximum Gasteiger partial charge on any atom is 0.0493 e. The average molecular weight is 725 g/mol. The van der Waals surface area contributed by atoms with Crippen molar-refractivity contribution in [1.82, 2.24) is 0 Å². The van der Waals surface area contributed by atoms with E-state index in [1.165, 1.54) is 99.6 Å². The van der Waals surface area contributed by atoms with E-state index in [2.05, 4.69) is 190 Å². The first-order valence-corrected chi connectivity index (χ1v) is 20.6. The van der Waals surface area contributed by atoms with Crippen LogP contribution in [0.2, 0.25) is 0 Å². The van der Waals surface area contributed by atoms with Crippen LogP contribution in [-0.4, -0.2) is 11.6 Å². The van der Waals surface area contributed by atoms with Crippen molar-refractivity contribution in [3.05, 3.63) is 167 Å². The molecule has 0 aromatic heterocycles. The van der Waals surface area contributed by atoms with Crippen molar-refractivity contribution >= 4 is 67.2 Å². The minimum Gasteiger partial charge on any atom is -0.338 e. The summed E-state index contributed by atoms with van der Waals surface area (Å²) in [6, 6.07) is 51.3. The number of rotatable bonds is 4. The Morgan fingerprint density at radius 3 is 2.02 bits per heavy atom. The number of anilines is 4. The predicted octanol–water partition coefficient (Wildman–Crippen LogP) is 14.4. The van der Waals surface area contributed by atoms with E-state index in [4.69, 9.17) is 0 Å². The van der Waals surface area contributed by atoms with Crippen molar-refractivity contribution in [3.8, 4) is 11.1 Å². The molecule has 1 aliphatic carbocycles. The van der Waals surface area contributed by atoms with Gasteiger partial charge in [-0.2, -0.15) is 0 Å². The SMILES string of the molecule is CC1CCc2ccccc2N1c1ccc2ccc3c(C=Cc4ccc5c(c4)C(C)(C)c4cc(N6c7ccccc7CCC6(C)C)ccc4-5)ccc4ccc1c2c43. The standard InChI is InChI=1S/C54H48N2/c1-34-14-17-37-10-6-8-12-48(37)55(34)50-29-23-40-21-26-42-36(19-20-39-22-27-45(50)52(40)51(39)42)18-15-35-16-25-43-44-28-24-41(33-47(44)54(4,5)46(43)32-35)56-49-13-9-7-11-38(49)30-31-53(56,2)3/h6-13,15-16,18-29,32-34H,14,17,30-31H2,1-5H3. The number of nitrogens with zero attached hydrogens (tertiary/aromatic N) is 2. The van der Waals surface area contributed by atoms with Crippen LogP contribution in [0.15, 0.2) is 133 Å². The van der Waals surface area contributed by atoms with Crippen LogP contribution in [-0.2, 0) is 18.3 Å². The van der Waals surface area contributed by atoms with Gasteiger partial charge < -0.3 is 9.80 Å². The highest BCUT2D eigenvalue weighted by Crippen LogP contribution is 2.52. The van der Waals surface area contributed by atoms with Gasteiger partial charge in [0.05, 0.1) is 0 Å². The molecule has 2 nitrogen and oxygen atoms in total. The van der Waals surface area contributed by atoms with Crippen molar-refractivity contribution in [3.63, 3.8) is 0 Å². The third-order valence-electron chi connectivity index (χ3n) is 13.7. The van der Waals surface area contributed by atoms with Crippen molar-refractivity contribution in [2.24, 2.45) is 0 Å². The quantitative estimate of drug-likeness (QED) is 0.132. The molecular formula is C54H48N2. The Bertz CT molecular complexity index is 2910. The van der Waals surface area contributed by atoms with Crippen LogP contribution in [0.3, 0.4) is 0 Å². The van der Waals surface area contributed by atoms with Crippen molar-refractivity contribution < 1.29 is 0 Å². The molecule has 0 spiro atoms. The second-order valence-corrected chi connectivity index (χ2v) is 17.8. The summed E-state index contributed by atoms with van der Waals surface area (Å²) in [7, 11) is 0. The van der Waals surface area contributed by atoms with Gasteiger partial charge in [0, 0.05) is 45.1 Å². The monoisotopic (exact) mass is 724 g/mol. The van der Waals surface area contributed by atoms with Crippen LogP contribution in [0.25, 0.3) is 55.6 Å². The van der Waals surface area contributed by atoms with Gasteiger partial charge in [0.1, 0.15) is 0 Å². The highest BCUT2D eigenvalue weighted by atomic mass is 15.2. The van der Waals surface area contributed by atoms with Crippen LogP contribution in [0.5, 0.6) is 0 Å². The minimum absolute atomic E-state index is 0.0434. The topological polar surface area (TPSA) is 6.48 Å². The molecule has 0 N–H and O–H groups in total. The molecule has 11 rings (SSSR count). The molecule has 0 fully saturated rings. The molecule has 274 valence electrons. The van der Waals surface area contributed by atoms with Gasteiger partial charge in [-0.15, -0.1) is 0 Å². The zero-order valence-corrected chi connectivity index (χ0v) is 33.2. The van der Waals surface area contributed by atoms with E-state index in [1.54, 1.807) is 0 Å². The molecule has 2 heteroatoms. The molecule has 0 bridgehead atoms. The van der Waals surface area contributed by atoms with Gasteiger partial charge in [-0.05, 0) is 148 Å². The fourth-order valence-corrected chi connectivity index (χ4v) is 10.7. The van der Waals surface area contributed by atoms with Crippen LogP contribution in [0, 0.1) is 0 Å². The number of hydrogen-bond donors (Lipinski definition) is 0. The van der Waals surface area contributed by atoms with Gasteiger partial charge in [-0.3, -0.25) is 0 Å².